The first-order valence-corrected chi connectivity index (χ1v) is 4.33. The summed E-state index contributed by atoms with van der Waals surface area (Å²) in [4.78, 5) is 17.2. The van der Waals surface area contributed by atoms with E-state index in [9.17, 15) is 13.6 Å². The van der Waals surface area contributed by atoms with Gasteiger partial charge in [-0.15, -0.1) is 0 Å². The van der Waals surface area contributed by atoms with Gasteiger partial charge in [-0.3, -0.25) is 4.79 Å². The van der Waals surface area contributed by atoms with Gasteiger partial charge >= 0.3 is 0 Å². The Balaban J connectivity index is 2.70. The molecule has 0 aliphatic heterocycles. The Kier molecular flexibility index (Phi) is 3.35. The van der Waals surface area contributed by atoms with Crippen molar-refractivity contribution in [3.05, 3.63) is 22.2 Å². The number of anilines is 1. The normalized spacial score (nSPS) is 11.5. The fourth-order valence-corrected chi connectivity index (χ4v) is 0.962. The average molecular weight is 218 g/mol. The van der Waals surface area contributed by atoms with E-state index >= 15 is 0 Å². The first-order valence-electron chi connectivity index (χ1n) is 4.33. The van der Waals surface area contributed by atoms with Crippen molar-refractivity contribution in [3.63, 3.8) is 0 Å². The zero-order chi connectivity index (χ0) is 11.5. The Bertz CT molecular complexity index is 390. The third kappa shape index (κ3) is 3.62. The minimum atomic E-state index is -3.00. The van der Waals surface area contributed by atoms with E-state index in [0.29, 0.717) is 5.82 Å². The number of rotatable bonds is 4. The number of aromatic amines is 1. The summed E-state index contributed by atoms with van der Waals surface area (Å²) >= 11 is 0. The van der Waals surface area contributed by atoms with Gasteiger partial charge in [0.2, 0.25) is 0 Å². The number of nitrogens with one attached hydrogen (secondary N) is 2. The molecule has 1 aromatic rings. The van der Waals surface area contributed by atoms with Crippen LogP contribution in [0.2, 0.25) is 0 Å². The zero-order valence-electron chi connectivity index (χ0n) is 8.18. The number of hydrogen-bond acceptors (Lipinski definition) is 4. The summed E-state index contributed by atoms with van der Waals surface area (Å²) < 4.78 is 25.5. The standard InChI is InChI=1S/C8H12F2N4O/c1-5-13-6(2-7(15)14-5)12-4-8(9,10)3-11/h2H,3-4,11H2,1H3,(H2,12,13,14,15). The first kappa shape index (κ1) is 11.6. The molecule has 0 saturated carbocycles. The SMILES string of the molecule is Cc1nc(NCC(F)(F)CN)cc(=O)[nH]1. The van der Waals surface area contributed by atoms with Crippen LogP contribution >= 0.6 is 0 Å². The smallest absolute Gasteiger partial charge is 0.276 e. The lowest BCUT2D eigenvalue weighted by atomic mass is 10.3. The van der Waals surface area contributed by atoms with Crippen LogP contribution in [0.4, 0.5) is 14.6 Å². The predicted molar refractivity (Wildman–Crippen MR) is 52.1 cm³/mol. The lowest BCUT2D eigenvalue weighted by molar-refractivity contribution is 0.0253. The van der Waals surface area contributed by atoms with E-state index in [2.05, 4.69) is 15.3 Å². The number of hydrogen-bond donors (Lipinski definition) is 3. The van der Waals surface area contributed by atoms with Crippen LogP contribution in [0.15, 0.2) is 10.9 Å². The van der Waals surface area contributed by atoms with E-state index < -0.39 is 19.0 Å². The largest absolute Gasteiger partial charge is 0.364 e. The highest BCUT2D eigenvalue weighted by atomic mass is 19.3. The van der Waals surface area contributed by atoms with Gasteiger partial charge in [-0.05, 0) is 6.92 Å². The maximum absolute atomic E-state index is 12.7. The van der Waals surface area contributed by atoms with Crippen molar-refractivity contribution in [3.8, 4) is 0 Å². The molecule has 0 bridgehead atoms. The summed E-state index contributed by atoms with van der Waals surface area (Å²) in [5.74, 6) is -2.52. The van der Waals surface area contributed by atoms with E-state index in [1.165, 1.54) is 0 Å². The van der Waals surface area contributed by atoms with Gasteiger partial charge in [0.1, 0.15) is 11.6 Å². The first-order chi connectivity index (χ1) is 6.93. The van der Waals surface area contributed by atoms with Gasteiger partial charge in [-0.25, -0.2) is 13.8 Å². The van der Waals surface area contributed by atoms with Crippen molar-refractivity contribution in [1.29, 1.82) is 0 Å². The molecule has 1 rings (SSSR count). The number of nitrogens with zero attached hydrogens (tertiary/aromatic N) is 1. The molecule has 5 nitrogen and oxygen atoms in total. The fraction of sp³-hybridized carbons (Fsp3) is 0.500. The lowest BCUT2D eigenvalue weighted by Gasteiger charge is -2.14. The van der Waals surface area contributed by atoms with Crippen LogP contribution < -0.4 is 16.6 Å². The van der Waals surface area contributed by atoms with E-state index in [1.807, 2.05) is 0 Å². The summed E-state index contributed by atoms with van der Waals surface area (Å²) in [5, 5.41) is 2.36. The molecule has 4 N–H and O–H groups in total. The van der Waals surface area contributed by atoms with Crippen LogP contribution in [-0.4, -0.2) is 29.0 Å². The number of aromatic nitrogens is 2. The molecule has 0 amide bonds. The number of H-pyrrole nitrogens is 1. The van der Waals surface area contributed by atoms with E-state index in [-0.39, 0.29) is 11.4 Å². The van der Waals surface area contributed by atoms with Gasteiger partial charge in [-0.2, -0.15) is 0 Å². The highest BCUT2D eigenvalue weighted by Gasteiger charge is 2.26. The molecular weight excluding hydrogens is 206 g/mol. The Labute approximate surface area is 84.7 Å². The van der Waals surface area contributed by atoms with E-state index in [0.717, 1.165) is 6.07 Å². The monoisotopic (exact) mass is 218 g/mol. The van der Waals surface area contributed by atoms with Gasteiger partial charge in [0.15, 0.2) is 0 Å². The number of nitrogens with two attached hydrogens (primary N) is 1. The van der Waals surface area contributed by atoms with Crippen LogP contribution in [0.3, 0.4) is 0 Å². The third-order valence-corrected chi connectivity index (χ3v) is 1.69. The number of alkyl halides is 2. The van der Waals surface area contributed by atoms with Crippen molar-refractivity contribution in [2.45, 2.75) is 12.8 Å². The molecule has 7 heteroatoms. The van der Waals surface area contributed by atoms with Crippen LogP contribution in [0.1, 0.15) is 5.82 Å². The Morgan fingerprint density at radius 2 is 2.33 bits per heavy atom. The zero-order valence-corrected chi connectivity index (χ0v) is 8.18. The van der Waals surface area contributed by atoms with Crippen molar-refractivity contribution in [1.82, 2.24) is 9.97 Å². The molecular formula is C8H12F2N4O. The maximum Gasteiger partial charge on any atom is 0.276 e. The lowest BCUT2D eigenvalue weighted by Crippen LogP contribution is -2.35. The molecule has 0 spiro atoms. The van der Waals surface area contributed by atoms with Crippen molar-refractivity contribution >= 4 is 5.82 Å². The van der Waals surface area contributed by atoms with Crippen molar-refractivity contribution < 1.29 is 8.78 Å². The molecule has 0 unspecified atom stereocenters. The van der Waals surface area contributed by atoms with E-state index in [4.69, 9.17) is 5.73 Å². The minimum Gasteiger partial charge on any atom is -0.364 e. The number of aryl methyl sites for hydroxylation is 1. The van der Waals surface area contributed by atoms with Gasteiger partial charge in [-0.1, -0.05) is 0 Å². The predicted octanol–water partition coefficient (Wildman–Crippen LogP) is 0.0842. The third-order valence-electron chi connectivity index (χ3n) is 1.69. The summed E-state index contributed by atoms with van der Waals surface area (Å²) in [6.07, 6.45) is 0. The highest BCUT2D eigenvalue weighted by Crippen LogP contribution is 2.11. The minimum absolute atomic E-state index is 0.115. The Morgan fingerprint density at radius 3 is 2.87 bits per heavy atom. The molecule has 0 saturated heterocycles. The second-order valence-electron chi connectivity index (χ2n) is 3.13. The van der Waals surface area contributed by atoms with Gasteiger partial charge in [0.05, 0.1) is 13.1 Å². The van der Waals surface area contributed by atoms with Crippen LogP contribution in [0.5, 0.6) is 0 Å². The molecule has 0 aromatic carbocycles. The molecule has 0 aliphatic carbocycles. The molecule has 15 heavy (non-hydrogen) atoms. The Hall–Kier alpha value is -1.50. The second-order valence-corrected chi connectivity index (χ2v) is 3.13. The van der Waals surface area contributed by atoms with Crippen molar-refractivity contribution in [2.75, 3.05) is 18.4 Å². The van der Waals surface area contributed by atoms with Crippen LogP contribution in [-0.2, 0) is 0 Å². The Morgan fingerprint density at radius 1 is 1.67 bits per heavy atom. The molecule has 84 valence electrons. The van der Waals surface area contributed by atoms with Gasteiger partial charge < -0.3 is 16.0 Å². The highest BCUT2D eigenvalue weighted by molar-refractivity contribution is 5.33. The number of halogens is 2. The van der Waals surface area contributed by atoms with E-state index in [1.54, 1.807) is 6.92 Å². The molecule has 0 fully saturated rings. The molecule has 1 heterocycles. The van der Waals surface area contributed by atoms with Crippen LogP contribution in [0, 0.1) is 6.92 Å². The van der Waals surface area contributed by atoms with Gasteiger partial charge in [0.25, 0.3) is 11.5 Å². The molecule has 0 aliphatic rings. The molecule has 1 aromatic heterocycles. The molecule has 0 radical (unpaired) electrons. The molecule has 0 atom stereocenters. The fourth-order valence-electron chi connectivity index (χ4n) is 0.962. The quantitative estimate of drug-likeness (QED) is 0.668. The maximum atomic E-state index is 12.7. The van der Waals surface area contributed by atoms with Gasteiger partial charge in [0, 0.05) is 6.07 Å². The summed E-state index contributed by atoms with van der Waals surface area (Å²) in [7, 11) is 0. The second kappa shape index (κ2) is 4.35. The summed E-state index contributed by atoms with van der Waals surface area (Å²) in [6.45, 7) is 0.176. The summed E-state index contributed by atoms with van der Waals surface area (Å²) in [5.41, 5.74) is 4.46. The van der Waals surface area contributed by atoms with Crippen molar-refractivity contribution in [2.24, 2.45) is 5.73 Å². The average Bonchev–Trinajstić information content (AvgIpc) is 2.14. The van der Waals surface area contributed by atoms with Crippen LogP contribution in [0.25, 0.3) is 0 Å². The summed E-state index contributed by atoms with van der Waals surface area (Å²) in [6, 6.07) is 1.11. The topological polar surface area (TPSA) is 83.8 Å².